The summed E-state index contributed by atoms with van der Waals surface area (Å²) >= 11 is 0. The highest BCUT2D eigenvalue weighted by Gasteiger charge is 2.12. The fourth-order valence-electron chi connectivity index (χ4n) is 1.76. The van der Waals surface area contributed by atoms with Crippen LogP contribution in [-0.2, 0) is 4.74 Å². The van der Waals surface area contributed by atoms with E-state index < -0.39 is 5.97 Å². The van der Waals surface area contributed by atoms with Crippen molar-refractivity contribution >= 4 is 11.9 Å². The fourth-order valence-corrected chi connectivity index (χ4v) is 1.76. The lowest BCUT2D eigenvalue weighted by atomic mass is 10.2. The molecule has 2 rings (SSSR count). The molecular weight excluding hydrogens is 298 g/mol. The van der Waals surface area contributed by atoms with Crippen molar-refractivity contribution in [3.63, 3.8) is 0 Å². The quantitative estimate of drug-likeness (QED) is 0.579. The second-order valence-electron chi connectivity index (χ2n) is 4.57. The Balaban J connectivity index is 1.75. The van der Waals surface area contributed by atoms with E-state index in [1.54, 1.807) is 32.3 Å². The van der Waals surface area contributed by atoms with Crippen LogP contribution in [0.1, 0.15) is 29.4 Å². The molecule has 0 atom stereocenters. The van der Waals surface area contributed by atoms with E-state index in [1.807, 2.05) is 0 Å². The van der Waals surface area contributed by atoms with Gasteiger partial charge in [-0.2, -0.15) is 0 Å². The summed E-state index contributed by atoms with van der Waals surface area (Å²) in [5, 5.41) is 3.07. The second kappa shape index (κ2) is 8.62. The Hall–Kier alpha value is -2.77. The van der Waals surface area contributed by atoms with Crippen molar-refractivity contribution in [2.45, 2.75) is 20.3 Å². The molecule has 0 spiro atoms. The van der Waals surface area contributed by atoms with Crippen LogP contribution >= 0.6 is 0 Å². The Morgan fingerprint density at radius 2 is 2.04 bits per heavy atom. The minimum absolute atomic E-state index is 0.323. The summed E-state index contributed by atoms with van der Waals surface area (Å²) in [5.41, 5.74) is 0.955. The lowest BCUT2D eigenvalue weighted by molar-refractivity contribution is 0.0524. The highest BCUT2D eigenvalue weighted by molar-refractivity contribution is 5.90. The summed E-state index contributed by atoms with van der Waals surface area (Å²) in [4.78, 5) is 27.9. The summed E-state index contributed by atoms with van der Waals surface area (Å²) in [6, 6.07) is 2.09. The van der Waals surface area contributed by atoms with Gasteiger partial charge >= 0.3 is 12.0 Å². The molecule has 0 unspecified atom stereocenters. The van der Waals surface area contributed by atoms with Crippen LogP contribution in [0.2, 0.25) is 0 Å². The van der Waals surface area contributed by atoms with Crippen LogP contribution in [0.4, 0.5) is 5.95 Å². The number of nitrogens with one attached hydrogen (secondary N) is 1. The fraction of sp³-hybridized carbons (Fsp3) is 0.400. The van der Waals surface area contributed by atoms with E-state index in [-0.39, 0.29) is 0 Å². The molecule has 0 amide bonds. The Kier molecular flexibility index (Phi) is 6.22. The van der Waals surface area contributed by atoms with Crippen LogP contribution in [0.25, 0.3) is 0 Å². The van der Waals surface area contributed by atoms with Gasteiger partial charge in [0.1, 0.15) is 0 Å². The number of anilines is 1. The van der Waals surface area contributed by atoms with Gasteiger partial charge in [0.15, 0.2) is 0 Å². The number of hydrogen-bond donors (Lipinski definition) is 1. The number of aryl methyl sites for hydroxylation is 1. The predicted molar refractivity (Wildman–Crippen MR) is 83.4 cm³/mol. The molecule has 0 saturated carbocycles. The first-order valence-electron chi connectivity index (χ1n) is 7.35. The molecule has 2 aromatic rings. The third-order valence-corrected chi connectivity index (χ3v) is 2.85. The molecule has 0 aliphatic heterocycles. The Bertz CT molecular complexity index is 636. The molecule has 0 aliphatic rings. The van der Waals surface area contributed by atoms with Crippen LogP contribution in [0.3, 0.4) is 0 Å². The molecule has 0 aromatic carbocycles. The van der Waals surface area contributed by atoms with E-state index >= 15 is 0 Å². The number of aromatic nitrogens is 4. The van der Waals surface area contributed by atoms with Gasteiger partial charge in [0.25, 0.3) is 0 Å². The Morgan fingerprint density at radius 1 is 1.26 bits per heavy atom. The Morgan fingerprint density at radius 3 is 2.74 bits per heavy atom. The molecule has 122 valence electrons. The van der Waals surface area contributed by atoms with E-state index in [4.69, 9.17) is 9.47 Å². The number of hydrogen-bond acceptors (Lipinski definition) is 8. The second-order valence-corrected chi connectivity index (χ2v) is 4.57. The van der Waals surface area contributed by atoms with Gasteiger partial charge in [-0.3, -0.25) is 0 Å². The number of rotatable bonds is 8. The van der Waals surface area contributed by atoms with E-state index in [0.717, 1.165) is 6.42 Å². The normalized spacial score (nSPS) is 10.2. The Labute approximate surface area is 134 Å². The molecule has 8 heteroatoms. The average Bonchev–Trinajstić information content (AvgIpc) is 2.56. The van der Waals surface area contributed by atoms with Crippen molar-refractivity contribution < 1.29 is 14.3 Å². The van der Waals surface area contributed by atoms with Crippen molar-refractivity contribution in [3.05, 3.63) is 35.9 Å². The topological polar surface area (TPSA) is 99.1 Å². The van der Waals surface area contributed by atoms with Crippen LogP contribution in [0, 0.1) is 6.92 Å². The maximum Gasteiger partial charge on any atom is 0.341 e. The maximum absolute atomic E-state index is 11.7. The van der Waals surface area contributed by atoms with Gasteiger partial charge < -0.3 is 14.8 Å². The van der Waals surface area contributed by atoms with Gasteiger partial charge in [-0.15, -0.1) is 0 Å². The molecule has 1 N–H and O–H groups in total. The lowest BCUT2D eigenvalue weighted by Gasteiger charge is -2.08. The van der Waals surface area contributed by atoms with Gasteiger partial charge in [-0.05, 0) is 26.3 Å². The third-order valence-electron chi connectivity index (χ3n) is 2.85. The number of nitrogens with zero attached hydrogens (tertiary/aromatic N) is 4. The first kappa shape index (κ1) is 16.6. The van der Waals surface area contributed by atoms with Gasteiger partial charge in [-0.1, -0.05) is 0 Å². The standard InChI is InChI=1S/C15H19N5O3/c1-3-22-13(21)12-10-19-14(20-11(12)2)16-8-5-9-23-15-17-6-4-7-18-15/h4,6-7,10H,3,5,8-9H2,1-2H3,(H,16,19,20). The van der Waals surface area contributed by atoms with Gasteiger partial charge in [-0.25, -0.2) is 24.7 Å². The van der Waals surface area contributed by atoms with Crippen molar-refractivity contribution in [2.75, 3.05) is 25.1 Å². The average molecular weight is 317 g/mol. The van der Waals surface area contributed by atoms with Gasteiger partial charge in [0.05, 0.1) is 24.5 Å². The van der Waals surface area contributed by atoms with Crippen LogP contribution < -0.4 is 10.1 Å². The lowest BCUT2D eigenvalue weighted by Crippen LogP contribution is -2.13. The van der Waals surface area contributed by atoms with Crippen molar-refractivity contribution in [2.24, 2.45) is 0 Å². The minimum atomic E-state index is -0.409. The number of esters is 1. The zero-order chi connectivity index (χ0) is 16.5. The van der Waals surface area contributed by atoms with E-state index in [1.165, 1.54) is 6.20 Å². The van der Waals surface area contributed by atoms with E-state index in [9.17, 15) is 4.79 Å². The monoisotopic (exact) mass is 317 g/mol. The van der Waals surface area contributed by atoms with Gasteiger partial charge in [0.2, 0.25) is 5.95 Å². The van der Waals surface area contributed by atoms with E-state index in [2.05, 4.69) is 25.3 Å². The number of ether oxygens (including phenoxy) is 2. The zero-order valence-electron chi connectivity index (χ0n) is 13.2. The predicted octanol–water partition coefficient (Wildman–Crippen LogP) is 1.63. The summed E-state index contributed by atoms with van der Waals surface area (Å²) in [5.74, 6) is 0.0549. The highest BCUT2D eigenvalue weighted by Crippen LogP contribution is 2.08. The van der Waals surface area contributed by atoms with E-state index in [0.29, 0.717) is 43.0 Å². The van der Waals surface area contributed by atoms with Gasteiger partial charge in [0, 0.05) is 25.1 Å². The molecule has 2 heterocycles. The van der Waals surface area contributed by atoms with Crippen molar-refractivity contribution in [1.29, 1.82) is 0 Å². The molecule has 8 nitrogen and oxygen atoms in total. The summed E-state index contributed by atoms with van der Waals surface area (Å²) in [6.45, 7) is 4.94. The van der Waals surface area contributed by atoms with Crippen LogP contribution in [-0.4, -0.2) is 45.7 Å². The third kappa shape index (κ3) is 5.17. The molecule has 0 saturated heterocycles. The molecule has 0 radical (unpaired) electrons. The number of carbonyl (C=O) groups is 1. The van der Waals surface area contributed by atoms with Crippen LogP contribution in [0.5, 0.6) is 6.01 Å². The SMILES string of the molecule is CCOC(=O)c1cnc(NCCCOc2ncccn2)nc1C. The molecular formula is C15H19N5O3. The molecule has 0 aliphatic carbocycles. The summed E-state index contributed by atoms with van der Waals surface area (Å²) in [6.07, 6.45) is 5.46. The first-order chi connectivity index (χ1) is 11.2. The first-order valence-corrected chi connectivity index (χ1v) is 7.35. The highest BCUT2D eigenvalue weighted by atomic mass is 16.5. The zero-order valence-corrected chi connectivity index (χ0v) is 13.2. The molecule has 2 aromatic heterocycles. The minimum Gasteiger partial charge on any atom is -0.463 e. The maximum atomic E-state index is 11.7. The molecule has 0 fully saturated rings. The number of carbonyl (C=O) groups excluding carboxylic acids is 1. The summed E-state index contributed by atoms with van der Waals surface area (Å²) in [7, 11) is 0. The molecule has 0 bridgehead atoms. The summed E-state index contributed by atoms with van der Waals surface area (Å²) < 4.78 is 10.3. The van der Waals surface area contributed by atoms with Crippen LogP contribution in [0.15, 0.2) is 24.7 Å². The molecule has 23 heavy (non-hydrogen) atoms. The van der Waals surface area contributed by atoms with Crippen molar-refractivity contribution in [3.8, 4) is 6.01 Å². The van der Waals surface area contributed by atoms with Crippen molar-refractivity contribution in [1.82, 2.24) is 19.9 Å². The largest absolute Gasteiger partial charge is 0.463 e. The smallest absolute Gasteiger partial charge is 0.341 e.